The molecule has 1 saturated heterocycles. The van der Waals surface area contributed by atoms with Gasteiger partial charge < -0.3 is 13.9 Å². The molecule has 0 saturated carbocycles. The van der Waals surface area contributed by atoms with E-state index in [9.17, 15) is 13.2 Å². The topological polar surface area (TPSA) is 98.1 Å². The molecule has 0 radical (unpaired) electrons. The van der Waals surface area contributed by atoms with Gasteiger partial charge in [-0.3, -0.25) is 9.69 Å². The van der Waals surface area contributed by atoms with Gasteiger partial charge in [-0.1, -0.05) is 48.2 Å². The van der Waals surface area contributed by atoms with Crippen LogP contribution in [0.25, 0.3) is 6.08 Å². The monoisotopic (exact) mass is 500 g/mol. The fraction of sp³-hybridized carbons (Fsp3) is 0.0909. The van der Waals surface area contributed by atoms with Crippen LogP contribution in [0.5, 0.6) is 11.5 Å². The minimum Gasteiger partial charge on any atom is -0.454 e. The van der Waals surface area contributed by atoms with Crippen LogP contribution in [-0.2, 0) is 21.4 Å². The van der Waals surface area contributed by atoms with Crippen molar-refractivity contribution in [3.8, 4) is 11.5 Å². The normalized spacial score (nSPS) is 16.6. The van der Waals surface area contributed by atoms with Crippen molar-refractivity contribution in [3.05, 3.63) is 76.9 Å². The number of anilines is 1. The smallest absolute Gasteiger partial charge is 0.266 e. The Labute approximate surface area is 199 Å². The van der Waals surface area contributed by atoms with Crippen molar-refractivity contribution in [1.29, 1.82) is 0 Å². The van der Waals surface area contributed by atoms with Gasteiger partial charge in [0.25, 0.3) is 15.9 Å². The minimum atomic E-state index is -3.78. The van der Waals surface area contributed by atoms with Crippen molar-refractivity contribution in [1.82, 2.24) is 4.90 Å². The Morgan fingerprint density at radius 1 is 1.06 bits per heavy atom. The van der Waals surface area contributed by atoms with Crippen LogP contribution in [0, 0.1) is 0 Å². The first kappa shape index (κ1) is 21.6. The van der Waals surface area contributed by atoms with E-state index in [1.165, 1.54) is 23.1 Å². The fourth-order valence-electron chi connectivity index (χ4n) is 3.26. The molecule has 1 fully saturated rings. The summed E-state index contributed by atoms with van der Waals surface area (Å²) in [5.41, 5.74) is 0.854. The van der Waals surface area contributed by atoms with Gasteiger partial charge in [0.2, 0.25) is 12.7 Å². The van der Waals surface area contributed by atoms with Crippen LogP contribution in [0.1, 0.15) is 11.3 Å². The zero-order valence-corrected chi connectivity index (χ0v) is 19.3. The molecule has 3 aromatic rings. The Morgan fingerprint density at radius 3 is 2.67 bits per heavy atom. The highest BCUT2D eigenvalue weighted by atomic mass is 32.2. The molecule has 33 heavy (non-hydrogen) atoms. The number of nitrogens with zero attached hydrogens (tertiary/aromatic N) is 1. The predicted molar refractivity (Wildman–Crippen MR) is 127 cm³/mol. The lowest BCUT2D eigenvalue weighted by Gasteiger charge is -2.14. The maximum Gasteiger partial charge on any atom is 0.266 e. The predicted octanol–water partition coefficient (Wildman–Crippen LogP) is 4.21. The number of rotatable bonds is 6. The lowest BCUT2D eigenvalue weighted by molar-refractivity contribution is -0.122. The summed E-state index contributed by atoms with van der Waals surface area (Å²) in [5, 5.41) is 0. The van der Waals surface area contributed by atoms with Crippen molar-refractivity contribution in [2.75, 3.05) is 11.5 Å². The number of sulfonamides is 1. The van der Waals surface area contributed by atoms with Crippen LogP contribution >= 0.6 is 24.0 Å². The quantitative estimate of drug-likeness (QED) is 0.397. The lowest BCUT2D eigenvalue weighted by atomic mass is 10.2. The first-order chi connectivity index (χ1) is 15.9. The number of carbonyl (C=O) groups is 1. The van der Waals surface area contributed by atoms with Crippen LogP contribution < -0.4 is 14.2 Å². The molecule has 1 aromatic heterocycles. The molecule has 8 nitrogen and oxygen atoms in total. The van der Waals surface area contributed by atoms with Gasteiger partial charge in [0, 0.05) is 12.1 Å². The van der Waals surface area contributed by atoms with E-state index >= 15 is 0 Å². The molecule has 168 valence electrons. The summed E-state index contributed by atoms with van der Waals surface area (Å²) in [6.07, 6.45) is 1.54. The molecular weight excluding hydrogens is 484 g/mol. The zero-order chi connectivity index (χ0) is 23.0. The SMILES string of the molecule is O=C1/C(=C/c2ccc(NS(=O)(=O)c3ccccc3)o2)SC(=S)N1Cc1ccc2c(c1)OCO2. The Balaban J connectivity index is 1.30. The second kappa shape index (κ2) is 8.58. The average molecular weight is 501 g/mol. The van der Waals surface area contributed by atoms with E-state index in [2.05, 4.69) is 4.72 Å². The van der Waals surface area contributed by atoms with Gasteiger partial charge in [0.1, 0.15) is 10.1 Å². The van der Waals surface area contributed by atoms with Gasteiger partial charge in [0.05, 0.1) is 16.3 Å². The molecule has 5 rings (SSSR count). The number of benzene rings is 2. The average Bonchev–Trinajstić information content (AvgIpc) is 3.51. The van der Waals surface area contributed by atoms with E-state index in [-0.39, 0.29) is 23.5 Å². The number of hydrogen-bond donors (Lipinski definition) is 1. The van der Waals surface area contributed by atoms with Crippen LogP contribution in [0.15, 0.2) is 74.9 Å². The molecule has 0 spiro atoms. The van der Waals surface area contributed by atoms with Crippen LogP contribution in [0.3, 0.4) is 0 Å². The summed E-state index contributed by atoms with van der Waals surface area (Å²) in [6, 6.07) is 16.5. The number of furan rings is 1. The molecule has 11 heteroatoms. The van der Waals surface area contributed by atoms with E-state index in [1.54, 1.807) is 36.4 Å². The van der Waals surface area contributed by atoms with E-state index in [0.717, 1.165) is 17.3 Å². The highest BCUT2D eigenvalue weighted by molar-refractivity contribution is 8.26. The highest BCUT2D eigenvalue weighted by Crippen LogP contribution is 2.36. The number of carbonyl (C=O) groups excluding carboxylic acids is 1. The van der Waals surface area contributed by atoms with Gasteiger partial charge in [0.15, 0.2) is 11.5 Å². The van der Waals surface area contributed by atoms with Gasteiger partial charge >= 0.3 is 0 Å². The van der Waals surface area contributed by atoms with E-state index in [4.69, 9.17) is 26.1 Å². The zero-order valence-electron chi connectivity index (χ0n) is 16.9. The molecule has 1 N–H and O–H groups in total. The molecule has 2 aliphatic rings. The Kier molecular flexibility index (Phi) is 5.60. The summed E-state index contributed by atoms with van der Waals surface area (Å²) in [4.78, 5) is 14.9. The number of thioether (sulfide) groups is 1. The van der Waals surface area contributed by atoms with Crippen molar-refractivity contribution in [2.24, 2.45) is 0 Å². The fourth-order valence-corrected chi connectivity index (χ4v) is 5.51. The molecule has 0 unspecified atom stereocenters. The van der Waals surface area contributed by atoms with Crippen molar-refractivity contribution >= 4 is 56.2 Å². The third-order valence-corrected chi connectivity index (χ3v) is 7.58. The molecule has 1 amide bonds. The first-order valence-electron chi connectivity index (χ1n) is 9.71. The van der Waals surface area contributed by atoms with Gasteiger partial charge in [-0.15, -0.1) is 0 Å². The van der Waals surface area contributed by atoms with Gasteiger partial charge in [-0.25, -0.2) is 13.1 Å². The summed E-state index contributed by atoms with van der Waals surface area (Å²) in [5.74, 6) is 1.41. The van der Waals surface area contributed by atoms with Crippen molar-refractivity contribution in [3.63, 3.8) is 0 Å². The first-order valence-corrected chi connectivity index (χ1v) is 12.4. The maximum atomic E-state index is 12.9. The summed E-state index contributed by atoms with van der Waals surface area (Å²) in [6.45, 7) is 0.466. The second-order valence-electron chi connectivity index (χ2n) is 7.08. The highest BCUT2D eigenvalue weighted by Gasteiger charge is 2.32. The number of hydrogen-bond acceptors (Lipinski definition) is 8. The summed E-state index contributed by atoms with van der Waals surface area (Å²) >= 11 is 6.54. The summed E-state index contributed by atoms with van der Waals surface area (Å²) in [7, 11) is -3.78. The molecule has 0 atom stereocenters. The van der Waals surface area contributed by atoms with E-state index < -0.39 is 10.0 Å². The molecule has 0 bridgehead atoms. The molecule has 3 heterocycles. The largest absolute Gasteiger partial charge is 0.454 e. The maximum absolute atomic E-state index is 12.9. The van der Waals surface area contributed by atoms with Crippen molar-refractivity contribution in [2.45, 2.75) is 11.4 Å². The molecule has 2 aliphatic heterocycles. The van der Waals surface area contributed by atoms with Crippen LogP contribution in [-0.4, -0.2) is 30.3 Å². The Bertz CT molecular complexity index is 1380. The van der Waals surface area contributed by atoms with E-state index in [1.807, 2.05) is 12.1 Å². The van der Waals surface area contributed by atoms with Crippen LogP contribution in [0.4, 0.5) is 5.88 Å². The number of ether oxygens (including phenoxy) is 2. The summed E-state index contributed by atoms with van der Waals surface area (Å²) < 4.78 is 44.0. The second-order valence-corrected chi connectivity index (χ2v) is 10.4. The van der Waals surface area contributed by atoms with Gasteiger partial charge in [-0.05, 0) is 35.9 Å². The number of thiocarbonyl (C=S) groups is 1. The minimum absolute atomic E-state index is 0.0425. The van der Waals surface area contributed by atoms with Crippen LogP contribution in [0.2, 0.25) is 0 Å². The number of nitrogens with one attached hydrogen (secondary N) is 1. The molecule has 0 aliphatic carbocycles. The Hall–Kier alpha value is -3.28. The lowest BCUT2D eigenvalue weighted by Crippen LogP contribution is -2.27. The standard InChI is InChI=1S/C22H16N2O6S3/c25-21-19(32-22(31)24(21)12-14-6-8-17-18(10-14)29-13-28-17)11-15-7-9-20(30-15)23-33(26,27)16-4-2-1-3-5-16/h1-11,23H,12-13H2/b19-11-. The van der Waals surface area contributed by atoms with Crippen molar-refractivity contribution < 1.29 is 27.1 Å². The molecular formula is C22H16N2O6S3. The number of amides is 1. The number of fused-ring (bicyclic) bond motifs is 1. The third kappa shape index (κ3) is 4.47. The van der Waals surface area contributed by atoms with Gasteiger partial charge in [-0.2, -0.15) is 0 Å². The van der Waals surface area contributed by atoms with E-state index in [0.29, 0.717) is 33.0 Å². The third-order valence-electron chi connectivity index (χ3n) is 4.84. The Morgan fingerprint density at radius 2 is 1.85 bits per heavy atom. The molecule has 2 aromatic carbocycles.